The molecule has 1 aromatic carbocycles. The average Bonchev–Trinajstić information content (AvgIpc) is 2.43. The minimum atomic E-state index is -0.183. The lowest BCUT2D eigenvalue weighted by atomic mass is 10.2. The van der Waals surface area contributed by atoms with Gasteiger partial charge in [0.1, 0.15) is 0 Å². The van der Waals surface area contributed by atoms with E-state index >= 15 is 0 Å². The van der Waals surface area contributed by atoms with E-state index in [-0.39, 0.29) is 11.9 Å². The van der Waals surface area contributed by atoms with Gasteiger partial charge in [-0.05, 0) is 45.1 Å². The van der Waals surface area contributed by atoms with Crippen LogP contribution in [0.3, 0.4) is 0 Å². The average molecular weight is 259 g/mol. The molecule has 1 aromatic rings. The minimum absolute atomic E-state index is 0.0475. The van der Waals surface area contributed by atoms with Crippen LogP contribution in [0.1, 0.15) is 32.3 Å². The number of nitrogens with zero attached hydrogens (tertiary/aromatic N) is 2. The largest absolute Gasteiger partial charge is 0.325 e. The van der Waals surface area contributed by atoms with Gasteiger partial charge in [-0.2, -0.15) is 5.26 Å². The molecule has 0 aliphatic rings. The maximum Gasteiger partial charge on any atom is 0.241 e. The number of nitriles is 1. The third-order valence-corrected chi connectivity index (χ3v) is 3.16. The molecule has 1 rings (SSSR count). The van der Waals surface area contributed by atoms with Crippen molar-refractivity contribution in [1.82, 2.24) is 4.90 Å². The lowest BCUT2D eigenvalue weighted by molar-refractivity contribution is -0.120. The summed E-state index contributed by atoms with van der Waals surface area (Å²) in [4.78, 5) is 14.1. The van der Waals surface area contributed by atoms with E-state index in [0.29, 0.717) is 11.3 Å². The Morgan fingerprint density at radius 2 is 2.26 bits per heavy atom. The number of nitrogens with one attached hydrogen (secondary N) is 1. The molecule has 4 nitrogen and oxygen atoms in total. The molecule has 0 saturated heterocycles. The Bertz CT molecular complexity index is 465. The van der Waals surface area contributed by atoms with Crippen LogP contribution in [0.15, 0.2) is 24.3 Å². The summed E-state index contributed by atoms with van der Waals surface area (Å²) in [5, 5.41) is 11.7. The van der Waals surface area contributed by atoms with Crippen LogP contribution >= 0.6 is 0 Å². The first-order valence-electron chi connectivity index (χ1n) is 6.59. The maximum absolute atomic E-state index is 12.1. The van der Waals surface area contributed by atoms with Crippen molar-refractivity contribution in [3.05, 3.63) is 29.8 Å². The topological polar surface area (TPSA) is 56.1 Å². The second-order valence-corrected chi connectivity index (χ2v) is 4.69. The van der Waals surface area contributed by atoms with Crippen molar-refractivity contribution in [3.63, 3.8) is 0 Å². The molecule has 4 heteroatoms. The summed E-state index contributed by atoms with van der Waals surface area (Å²) < 4.78 is 0. The van der Waals surface area contributed by atoms with Gasteiger partial charge in [0.15, 0.2) is 0 Å². The lowest BCUT2D eigenvalue weighted by Gasteiger charge is -2.23. The monoisotopic (exact) mass is 259 g/mol. The summed E-state index contributed by atoms with van der Waals surface area (Å²) in [7, 11) is 1.95. The van der Waals surface area contributed by atoms with Gasteiger partial charge in [-0.15, -0.1) is 0 Å². The third kappa shape index (κ3) is 4.72. The minimum Gasteiger partial charge on any atom is -0.325 e. The van der Waals surface area contributed by atoms with E-state index in [1.807, 2.05) is 18.9 Å². The van der Waals surface area contributed by atoms with Crippen molar-refractivity contribution in [3.8, 4) is 6.07 Å². The molecule has 0 aliphatic heterocycles. The van der Waals surface area contributed by atoms with Crippen LogP contribution in [-0.4, -0.2) is 30.4 Å². The van der Waals surface area contributed by atoms with Crippen LogP contribution in [0.5, 0.6) is 0 Å². The Balaban J connectivity index is 2.60. The molecule has 0 fully saturated rings. The van der Waals surface area contributed by atoms with E-state index in [4.69, 9.17) is 5.26 Å². The Morgan fingerprint density at radius 1 is 1.53 bits per heavy atom. The van der Waals surface area contributed by atoms with E-state index in [0.717, 1.165) is 19.4 Å². The number of unbranched alkanes of at least 4 members (excludes halogenated alkanes) is 1. The quantitative estimate of drug-likeness (QED) is 0.854. The molecule has 0 spiro atoms. The van der Waals surface area contributed by atoms with Crippen molar-refractivity contribution in [2.24, 2.45) is 0 Å². The fourth-order valence-electron chi connectivity index (χ4n) is 1.71. The highest BCUT2D eigenvalue weighted by Crippen LogP contribution is 2.11. The Hall–Kier alpha value is -1.86. The van der Waals surface area contributed by atoms with E-state index in [9.17, 15) is 4.79 Å². The van der Waals surface area contributed by atoms with Gasteiger partial charge in [0.2, 0.25) is 5.91 Å². The van der Waals surface area contributed by atoms with Crippen LogP contribution < -0.4 is 5.32 Å². The van der Waals surface area contributed by atoms with Crippen LogP contribution in [0.25, 0.3) is 0 Å². The number of anilines is 1. The van der Waals surface area contributed by atoms with E-state index in [1.54, 1.807) is 24.3 Å². The van der Waals surface area contributed by atoms with Gasteiger partial charge in [0.25, 0.3) is 0 Å². The summed E-state index contributed by atoms with van der Waals surface area (Å²) in [5.74, 6) is -0.0475. The molecule has 0 bridgehead atoms. The third-order valence-electron chi connectivity index (χ3n) is 3.16. The number of carbonyl (C=O) groups is 1. The highest BCUT2D eigenvalue weighted by atomic mass is 16.2. The van der Waals surface area contributed by atoms with Crippen molar-refractivity contribution in [2.75, 3.05) is 18.9 Å². The van der Waals surface area contributed by atoms with Gasteiger partial charge in [-0.3, -0.25) is 9.69 Å². The number of carbonyl (C=O) groups excluding carboxylic acids is 1. The highest BCUT2D eigenvalue weighted by Gasteiger charge is 2.17. The molecule has 0 heterocycles. The summed E-state index contributed by atoms with van der Waals surface area (Å²) in [6, 6.07) is 8.82. The Labute approximate surface area is 115 Å². The Morgan fingerprint density at radius 3 is 2.89 bits per heavy atom. The van der Waals surface area contributed by atoms with Crippen molar-refractivity contribution in [1.29, 1.82) is 5.26 Å². The molecular weight excluding hydrogens is 238 g/mol. The number of hydrogen-bond acceptors (Lipinski definition) is 3. The van der Waals surface area contributed by atoms with Gasteiger partial charge in [-0.1, -0.05) is 19.4 Å². The smallest absolute Gasteiger partial charge is 0.241 e. The number of hydrogen-bond donors (Lipinski definition) is 1. The number of likely N-dealkylation sites (N-methyl/N-ethyl adjacent to an activating group) is 1. The standard InChI is InChI=1S/C15H21N3O/c1-4-5-9-18(3)12(2)15(19)17-14-8-6-7-13(10-14)11-16/h6-8,10,12H,4-5,9H2,1-3H3,(H,17,19)/t12-/m1/s1. The van der Waals surface area contributed by atoms with Gasteiger partial charge < -0.3 is 5.32 Å². The van der Waals surface area contributed by atoms with Gasteiger partial charge in [0, 0.05) is 5.69 Å². The van der Waals surface area contributed by atoms with Crippen molar-refractivity contribution in [2.45, 2.75) is 32.7 Å². The second kappa shape index (κ2) is 7.55. The molecular formula is C15H21N3O. The van der Waals surface area contributed by atoms with E-state index < -0.39 is 0 Å². The predicted octanol–water partition coefficient (Wildman–Crippen LogP) is 2.62. The fraction of sp³-hybridized carbons (Fsp3) is 0.467. The summed E-state index contributed by atoms with van der Waals surface area (Å²) in [6.45, 7) is 4.93. The van der Waals surface area contributed by atoms with Crippen LogP contribution in [0.4, 0.5) is 5.69 Å². The first-order chi connectivity index (χ1) is 9.08. The molecule has 1 N–H and O–H groups in total. The molecule has 102 valence electrons. The van der Waals surface area contributed by atoms with Gasteiger partial charge in [-0.25, -0.2) is 0 Å². The SMILES string of the molecule is CCCCN(C)[C@H](C)C(=O)Nc1cccc(C#N)c1. The zero-order valence-electron chi connectivity index (χ0n) is 11.8. The predicted molar refractivity (Wildman–Crippen MR) is 76.8 cm³/mol. The number of benzene rings is 1. The first kappa shape index (κ1) is 15.2. The molecule has 19 heavy (non-hydrogen) atoms. The summed E-state index contributed by atoms with van der Waals surface area (Å²) >= 11 is 0. The highest BCUT2D eigenvalue weighted by molar-refractivity contribution is 5.94. The maximum atomic E-state index is 12.1. The zero-order chi connectivity index (χ0) is 14.3. The fourth-order valence-corrected chi connectivity index (χ4v) is 1.71. The van der Waals surface area contributed by atoms with Crippen LogP contribution in [0, 0.1) is 11.3 Å². The molecule has 0 unspecified atom stereocenters. The summed E-state index contributed by atoms with van der Waals surface area (Å²) in [6.07, 6.45) is 2.20. The van der Waals surface area contributed by atoms with Crippen LogP contribution in [-0.2, 0) is 4.79 Å². The molecule has 0 radical (unpaired) electrons. The molecule has 0 aromatic heterocycles. The molecule has 1 atom stereocenters. The molecule has 1 amide bonds. The van der Waals surface area contributed by atoms with Gasteiger partial charge in [0.05, 0.1) is 17.7 Å². The van der Waals surface area contributed by atoms with Gasteiger partial charge >= 0.3 is 0 Å². The lowest BCUT2D eigenvalue weighted by Crippen LogP contribution is -2.40. The normalized spacial score (nSPS) is 11.9. The van der Waals surface area contributed by atoms with Crippen molar-refractivity contribution >= 4 is 11.6 Å². The molecule has 0 saturated carbocycles. The first-order valence-corrected chi connectivity index (χ1v) is 6.59. The zero-order valence-corrected chi connectivity index (χ0v) is 11.8. The van der Waals surface area contributed by atoms with E-state index in [1.165, 1.54) is 0 Å². The number of amides is 1. The Kier molecular flexibility index (Phi) is 6.04. The molecule has 0 aliphatic carbocycles. The summed E-state index contributed by atoms with van der Waals surface area (Å²) in [5.41, 5.74) is 1.21. The van der Waals surface area contributed by atoms with E-state index in [2.05, 4.69) is 18.3 Å². The number of rotatable bonds is 6. The van der Waals surface area contributed by atoms with Crippen molar-refractivity contribution < 1.29 is 4.79 Å². The second-order valence-electron chi connectivity index (χ2n) is 4.69. The van der Waals surface area contributed by atoms with Crippen LogP contribution in [0.2, 0.25) is 0 Å².